The van der Waals surface area contributed by atoms with E-state index in [4.69, 9.17) is 0 Å². The third-order valence-corrected chi connectivity index (χ3v) is 19.9. The van der Waals surface area contributed by atoms with Crippen molar-refractivity contribution < 1.29 is 58.9 Å². The summed E-state index contributed by atoms with van der Waals surface area (Å²) in [6, 6.07) is 37.1. The summed E-state index contributed by atoms with van der Waals surface area (Å²) >= 11 is 0. The first-order valence-corrected chi connectivity index (χ1v) is 35.5. The van der Waals surface area contributed by atoms with Gasteiger partial charge in [-0.2, -0.15) is 13.2 Å². The minimum Gasteiger partial charge on any atom is -0.206 e. The molecule has 0 fully saturated rings. The van der Waals surface area contributed by atoms with E-state index in [0.717, 1.165) is 34.1 Å². The fraction of sp³-hybridized carbons (Fsp3) is 0.356. The van der Waals surface area contributed by atoms with E-state index >= 15 is 0 Å². The van der Waals surface area contributed by atoms with E-state index in [2.05, 4.69) is 265 Å². The fourth-order valence-corrected chi connectivity index (χ4v) is 13.6. The zero-order valence-electron chi connectivity index (χ0n) is 66.2. The number of rotatable bonds is 8. The van der Waals surface area contributed by atoms with Crippen molar-refractivity contribution in [3.63, 3.8) is 0 Å². The Morgan fingerprint density at radius 3 is 1.16 bits per heavy atom. The Morgan fingerprint density at radius 2 is 0.721 bits per heavy atom. The molecule has 8 aromatic heterocycles. The van der Waals surface area contributed by atoms with Gasteiger partial charge in [-0.25, -0.2) is 27.0 Å². The highest BCUT2D eigenvalue weighted by molar-refractivity contribution is 5.73. The first-order valence-electron chi connectivity index (χ1n) is 35.5. The summed E-state index contributed by atoms with van der Waals surface area (Å²) < 4.78 is 94.3. The van der Waals surface area contributed by atoms with Crippen LogP contribution in [-0.2, 0) is 84.2 Å². The van der Waals surface area contributed by atoms with Gasteiger partial charge in [-0.3, -0.25) is 0 Å². The second-order valence-corrected chi connectivity index (χ2v) is 31.9. The van der Waals surface area contributed by atoms with Gasteiger partial charge in [-0.15, -0.1) is 37.5 Å². The van der Waals surface area contributed by atoms with Gasteiger partial charge in [0.15, 0.2) is 83.6 Å². The number of aromatic nitrogens is 12. The molecular weight excluding hydrogens is 1310 g/mol. The van der Waals surface area contributed by atoms with Crippen LogP contribution in [0.3, 0.4) is 0 Å². The third-order valence-electron chi connectivity index (χ3n) is 19.9. The van der Waals surface area contributed by atoms with Crippen LogP contribution in [0.4, 0.5) is 22.0 Å². The molecule has 0 unspecified atom stereocenters. The highest BCUT2D eigenvalue weighted by atomic mass is 19.4. The topological polar surface area (TPSA) is 50.8 Å². The summed E-state index contributed by atoms with van der Waals surface area (Å²) in [5, 5.41) is 0. The van der Waals surface area contributed by atoms with E-state index in [9.17, 15) is 22.0 Å². The molecule has 8 heterocycles. The van der Waals surface area contributed by atoms with Gasteiger partial charge in [0.25, 0.3) is 0 Å². The number of pyridine rings is 4. The second kappa shape index (κ2) is 30.0. The van der Waals surface area contributed by atoms with Gasteiger partial charge < -0.3 is 0 Å². The van der Waals surface area contributed by atoms with Crippen LogP contribution in [0.2, 0.25) is 0 Å². The van der Waals surface area contributed by atoms with E-state index < -0.39 is 23.4 Å². The summed E-state index contributed by atoms with van der Waals surface area (Å²) in [5.74, 6) is -1.13. The molecule has 0 radical (unpaired) electrons. The largest absolute Gasteiger partial charge is 0.416 e. The lowest BCUT2D eigenvalue weighted by atomic mass is 9.85. The lowest BCUT2D eigenvalue weighted by Gasteiger charge is -2.20. The van der Waals surface area contributed by atoms with E-state index in [1.54, 1.807) is 57.4 Å². The van der Waals surface area contributed by atoms with Gasteiger partial charge in [-0.1, -0.05) is 95.2 Å². The normalized spacial score (nSPS) is 12.0. The Kier molecular flexibility index (Phi) is 22.5. The van der Waals surface area contributed by atoms with Crippen LogP contribution in [0.5, 0.6) is 0 Å². The predicted molar refractivity (Wildman–Crippen MR) is 402 cm³/mol. The van der Waals surface area contributed by atoms with Crippen LogP contribution >= 0.6 is 0 Å². The van der Waals surface area contributed by atoms with Gasteiger partial charge in [0.05, 0.1) is 52.6 Å². The van der Waals surface area contributed by atoms with Crippen LogP contribution < -0.4 is 37.0 Å². The highest BCUT2D eigenvalue weighted by Gasteiger charge is 2.35. The molecule has 0 aliphatic rings. The van der Waals surface area contributed by atoms with Crippen molar-refractivity contribution >= 4 is 0 Å². The minimum atomic E-state index is -4.43. The molecular formula is C87H109F5N12+8. The van der Waals surface area contributed by atoms with Crippen LogP contribution in [0.1, 0.15) is 144 Å². The zero-order valence-corrected chi connectivity index (χ0v) is 66.2. The molecule has 0 aliphatic carbocycles. The fourth-order valence-electron chi connectivity index (χ4n) is 13.6. The van der Waals surface area contributed by atoms with Crippen molar-refractivity contribution in [3.05, 3.63) is 262 Å². The van der Waals surface area contributed by atoms with Crippen molar-refractivity contribution in [2.45, 2.75) is 152 Å². The Balaban J connectivity index is 0.000000161. The summed E-state index contributed by atoms with van der Waals surface area (Å²) in [6.45, 7) is 38.7. The van der Waals surface area contributed by atoms with Gasteiger partial charge in [0.1, 0.15) is 56.8 Å². The number of alkyl halides is 3. The number of halogens is 5. The standard InChI is InChI=1S/C23H31N3.C22H26F3N3.C21H25F2N3.C21H27N3/c1-16-14-17(2)22(26-12-9-11-25(26)8)18(3)21(16)20-15-19(23(4,5)6)10-13-24(20)7;1-15-18(20-13-16(21(2,3)4)8-11-26(20)5)12-17(22(23,24)25)14-19(15)28-10-7-9-27(28)6;1-14-19(18-12-15(21(2,3)4)8-11-24(18)5)16(22)13-17(23)20(14)26-10-7-9-25(26)6;1-16-18(9-7-10-19(16)24-14-8-13-23(24)6)20-12-11-17(15-22(20)5)21(2,3)4/h9-15H,1-8H3;7-14H,1-6H3;7-13H,1-6H3;7-15H,1-6H3/q4*+2. The van der Waals surface area contributed by atoms with E-state index in [-0.39, 0.29) is 21.7 Å². The van der Waals surface area contributed by atoms with Crippen LogP contribution in [-0.4, -0.2) is 18.7 Å². The zero-order chi connectivity index (χ0) is 76.8. The van der Waals surface area contributed by atoms with Crippen molar-refractivity contribution in [1.82, 2.24) is 18.7 Å². The monoisotopic (exact) mass is 1420 g/mol. The Morgan fingerprint density at radius 1 is 0.308 bits per heavy atom. The van der Waals surface area contributed by atoms with Gasteiger partial charge in [-0.05, 0) is 144 Å². The summed E-state index contributed by atoms with van der Waals surface area (Å²) in [4.78, 5) is 0. The van der Waals surface area contributed by atoms with E-state index in [1.165, 1.54) is 79.4 Å². The number of hydrogen-bond acceptors (Lipinski definition) is 0. The number of benzene rings is 4. The molecule has 0 aliphatic heterocycles. The van der Waals surface area contributed by atoms with Crippen molar-refractivity contribution in [3.8, 4) is 67.8 Å². The number of nitrogens with zero attached hydrogens (tertiary/aromatic N) is 12. The smallest absolute Gasteiger partial charge is 0.206 e. The van der Waals surface area contributed by atoms with E-state index in [0.29, 0.717) is 28.1 Å². The summed E-state index contributed by atoms with van der Waals surface area (Å²) in [6.07, 6.45) is 19.3. The number of hydrogen-bond donors (Lipinski definition) is 0. The molecule has 0 saturated carbocycles. The van der Waals surface area contributed by atoms with Gasteiger partial charge >= 0.3 is 6.18 Å². The molecule has 0 bridgehead atoms. The average Bonchev–Trinajstić information content (AvgIpc) is 1.11. The Hall–Kier alpha value is -10.0. The minimum absolute atomic E-state index is 0.0663. The van der Waals surface area contributed by atoms with Crippen molar-refractivity contribution in [1.29, 1.82) is 0 Å². The molecule has 17 heteroatoms. The molecule has 0 amide bonds. The quantitative estimate of drug-likeness (QED) is 0.108. The predicted octanol–water partition coefficient (Wildman–Crippen LogP) is 15.5. The second-order valence-electron chi connectivity index (χ2n) is 31.9. The Labute approximate surface area is 613 Å². The number of aryl methyl sites for hydroxylation is 10. The Bertz CT molecular complexity index is 4980. The van der Waals surface area contributed by atoms with Gasteiger partial charge in [0.2, 0.25) is 22.8 Å². The summed E-state index contributed by atoms with van der Waals surface area (Å²) in [5.41, 5.74) is 21.8. The lowest BCUT2D eigenvalue weighted by molar-refractivity contribution is -0.744. The van der Waals surface area contributed by atoms with Crippen LogP contribution in [0, 0.1) is 53.2 Å². The maximum absolute atomic E-state index is 14.9. The molecule has 0 spiro atoms. The molecule has 104 heavy (non-hydrogen) atoms. The van der Waals surface area contributed by atoms with E-state index in [1.807, 2.05) is 86.1 Å². The summed E-state index contributed by atoms with van der Waals surface area (Å²) in [7, 11) is 15.8. The molecule has 4 aromatic carbocycles. The first-order chi connectivity index (χ1) is 48.4. The van der Waals surface area contributed by atoms with Crippen LogP contribution in [0.25, 0.3) is 67.8 Å². The molecule has 12 nitrogen and oxygen atoms in total. The average molecular weight is 1420 g/mol. The maximum Gasteiger partial charge on any atom is 0.416 e. The van der Waals surface area contributed by atoms with Crippen LogP contribution in [0.15, 0.2) is 190 Å². The molecule has 0 saturated heterocycles. The van der Waals surface area contributed by atoms with Gasteiger partial charge in [0, 0.05) is 78.4 Å². The molecule has 12 aromatic rings. The third kappa shape index (κ3) is 16.6. The first kappa shape index (κ1) is 78.1. The highest BCUT2D eigenvalue weighted by Crippen LogP contribution is 2.39. The molecule has 0 N–H and O–H groups in total. The molecule has 12 rings (SSSR count). The molecule has 544 valence electrons. The lowest BCUT2D eigenvalue weighted by Crippen LogP contribution is -2.38. The SMILES string of the molecule is Cc1c(-c2cc(C(C)(C)C)cc[n+]2C)c(F)cc(F)c1-n1ccc[n+]1C.Cc1c(-c2cc(C(C)(C)C)cc[n+]2C)cc(C(F)(F)F)cc1-n1ccc[n+]1C.Cc1c(-c2ccc(C(C)(C)C)c[n+]2C)cccc1-n1ccc[n+]1C.Cc1cc(C)c(-n2ccc[n+]2C)c(C)c1-c1cc(C(C)(C)C)cc[n+]1C. The molecule has 0 atom stereocenters. The van der Waals surface area contributed by atoms with Crippen molar-refractivity contribution in [2.24, 2.45) is 56.4 Å². The van der Waals surface area contributed by atoms with Crippen molar-refractivity contribution in [2.75, 3.05) is 0 Å². The maximum atomic E-state index is 14.9.